The maximum Gasteiger partial charge on any atom is 0.123 e. The maximum atomic E-state index is 5.61. The second-order valence-electron chi connectivity index (χ2n) is 2.96. The lowest BCUT2D eigenvalue weighted by molar-refractivity contribution is 1.19. The molecule has 0 aliphatic heterocycles. The highest BCUT2D eigenvalue weighted by molar-refractivity contribution is 9.10. The van der Waals surface area contributed by atoms with Crippen LogP contribution in [0.15, 0.2) is 34.2 Å². The number of halogens is 1. The van der Waals surface area contributed by atoms with E-state index in [-0.39, 0.29) is 0 Å². The number of pyridine rings is 1. The molecular formula is C10H9BrN2S. The van der Waals surface area contributed by atoms with Crippen LogP contribution >= 0.6 is 27.3 Å². The van der Waals surface area contributed by atoms with Crippen molar-refractivity contribution in [3.8, 4) is 0 Å². The molecule has 4 heteroatoms. The fraction of sp³-hybridized carbons (Fsp3) is 0.100. The van der Waals surface area contributed by atoms with Gasteiger partial charge in [-0.15, -0.1) is 11.3 Å². The van der Waals surface area contributed by atoms with E-state index in [2.05, 4.69) is 32.4 Å². The van der Waals surface area contributed by atoms with Gasteiger partial charge in [-0.2, -0.15) is 0 Å². The summed E-state index contributed by atoms with van der Waals surface area (Å²) in [4.78, 5) is 5.28. The summed E-state index contributed by atoms with van der Waals surface area (Å²) in [7, 11) is 0. The number of hydrogen-bond donors (Lipinski definition) is 1. The third kappa shape index (κ3) is 2.13. The topological polar surface area (TPSA) is 38.9 Å². The molecule has 0 spiro atoms. The Bertz CT molecular complexity index is 439. The molecule has 72 valence electrons. The molecule has 0 saturated carbocycles. The molecule has 2 nitrogen and oxygen atoms in total. The lowest BCUT2D eigenvalue weighted by atomic mass is 10.2. The first kappa shape index (κ1) is 9.68. The Morgan fingerprint density at radius 1 is 1.43 bits per heavy atom. The summed E-state index contributed by atoms with van der Waals surface area (Å²) in [5.74, 6) is 0.579. The van der Waals surface area contributed by atoms with Crippen LogP contribution in [0.3, 0.4) is 0 Å². The highest BCUT2D eigenvalue weighted by Crippen LogP contribution is 2.25. The highest BCUT2D eigenvalue weighted by atomic mass is 79.9. The van der Waals surface area contributed by atoms with Gasteiger partial charge in [0, 0.05) is 22.0 Å². The Morgan fingerprint density at radius 2 is 2.29 bits per heavy atom. The van der Waals surface area contributed by atoms with Crippen molar-refractivity contribution in [2.24, 2.45) is 0 Å². The number of thiophene rings is 1. The Balaban J connectivity index is 2.23. The van der Waals surface area contributed by atoms with Gasteiger partial charge in [0.25, 0.3) is 0 Å². The molecule has 2 aromatic rings. The van der Waals surface area contributed by atoms with Crippen LogP contribution < -0.4 is 5.73 Å². The summed E-state index contributed by atoms with van der Waals surface area (Å²) in [5, 5.41) is 2.07. The molecule has 14 heavy (non-hydrogen) atoms. The van der Waals surface area contributed by atoms with Crippen LogP contribution in [0.4, 0.5) is 5.82 Å². The molecule has 2 aromatic heterocycles. The molecule has 0 atom stereocenters. The molecule has 0 radical (unpaired) electrons. The van der Waals surface area contributed by atoms with Crippen molar-refractivity contribution in [3.63, 3.8) is 0 Å². The minimum absolute atomic E-state index is 0.579. The van der Waals surface area contributed by atoms with Gasteiger partial charge in [-0.05, 0) is 45.1 Å². The summed E-state index contributed by atoms with van der Waals surface area (Å²) in [6, 6.07) is 5.96. The number of rotatable bonds is 2. The Hall–Kier alpha value is -0.870. The molecule has 0 aliphatic carbocycles. The van der Waals surface area contributed by atoms with Crippen LogP contribution in [0.5, 0.6) is 0 Å². The third-order valence-corrected chi connectivity index (χ3v) is 3.83. The average molecular weight is 269 g/mol. The first-order valence-electron chi connectivity index (χ1n) is 4.18. The van der Waals surface area contributed by atoms with Gasteiger partial charge < -0.3 is 5.73 Å². The van der Waals surface area contributed by atoms with Crippen LogP contribution in [0.25, 0.3) is 0 Å². The minimum atomic E-state index is 0.579. The number of nitrogen functional groups attached to an aromatic ring is 1. The molecule has 2 N–H and O–H groups in total. The molecule has 0 aliphatic rings. The molecule has 0 bridgehead atoms. The van der Waals surface area contributed by atoms with E-state index in [0.717, 1.165) is 10.9 Å². The molecule has 2 heterocycles. The molecular weight excluding hydrogens is 260 g/mol. The summed E-state index contributed by atoms with van der Waals surface area (Å²) in [6.45, 7) is 0. The standard InChI is InChI=1S/C10H9BrN2S/c11-8-2-4-14-9(8)5-7-1-3-13-10(12)6-7/h1-4,6H,5H2,(H2,12,13). The van der Waals surface area contributed by atoms with Gasteiger partial charge in [-0.1, -0.05) is 0 Å². The van der Waals surface area contributed by atoms with Crippen molar-refractivity contribution in [2.45, 2.75) is 6.42 Å². The predicted octanol–water partition coefficient (Wildman–Crippen LogP) is 3.08. The fourth-order valence-electron chi connectivity index (χ4n) is 1.24. The summed E-state index contributed by atoms with van der Waals surface area (Å²) in [6.07, 6.45) is 2.65. The van der Waals surface area contributed by atoms with Crippen LogP contribution in [0, 0.1) is 0 Å². The smallest absolute Gasteiger partial charge is 0.123 e. The van der Waals surface area contributed by atoms with Crippen LogP contribution in [0.2, 0.25) is 0 Å². The van der Waals surface area contributed by atoms with Crippen molar-refractivity contribution < 1.29 is 0 Å². The van der Waals surface area contributed by atoms with Crippen molar-refractivity contribution in [2.75, 3.05) is 5.73 Å². The van der Waals surface area contributed by atoms with Gasteiger partial charge in [0.1, 0.15) is 5.82 Å². The quantitative estimate of drug-likeness (QED) is 0.909. The zero-order valence-electron chi connectivity index (χ0n) is 7.40. The summed E-state index contributed by atoms with van der Waals surface area (Å²) in [5.41, 5.74) is 6.80. The molecule has 0 saturated heterocycles. The number of anilines is 1. The van der Waals surface area contributed by atoms with Crippen LogP contribution in [-0.4, -0.2) is 4.98 Å². The Labute approximate surface area is 94.9 Å². The third-order valence-electron chi connectivity index (χ3n) is 1.90. The zero-order chi connectivity index (χ0) is 9.97. The molecule has 0 unspecified atom stereocenters. The lowest BCUT2D eigenvalue weighted by Gasteiger charge is -2.00. The number of nitrogens with two attached hydrogens (primary N) is 1. The van der Waals surface area contributed by atoms with Crippen molar-refractivity contribution >= 4 is 33.1 Å². The normalized spacial score (nSPS) is 10.4. The monoisotopic (exact) mass is 268 g/mol. The summed E-state index contributed by atoms with van der Waals surface area (Å²) >= 11 is 5.25. The first-order chi connectivity index (χ1) is 6.75. The highest BCUT2D eigenvalue weighted by Gasteiger charge is 2.02. The Morgan fingerprint density at radius 3 is 2.93 bits per heavy atom. The first-order valence-corrected chi connectivity index (χ1v) is 5.85. The van der Waals surface area contributed by atoms with E-state index in [0.29, 0.717) is 5.82 Å². The molecule has 0 amide bonds. The summed E-state index contributed by atoms with van der Waals surface area (Å²) < 4.78 is 1.16. The zero-order valence-corrected chi connectivity index (χ0v) is 9.81. The van der Waals surface area contributed by atoms with Gasteiger partial charge in [0.05, 0.1) is 0 Å². The maximum absolute atomic E-state index is 5.61. The van der Waals surface area contributed by atoms with Crippen molar-refractivity contribution in [3.05, 3.63) is 44.7 Å². The number of nitrogens with zero attached hydrogens (tertiary/aromatic N) is 1. The number of aromatic nitrogens is 1. The van der Waals surface area contributed by atoms with Gasteiger partial charge in [-0.3, -0.25) is 0 Å². The fourth-order valence-corrected chi connectivity index (χ4v) is 2.77. The van der Waals surface area contributed by atoms with E-state index in [4.69, 9.17) is 5.73 Å². The van der Waals surface area contributed by atoms with E-state index >= 15 is 0 Å². The number of hydrogen-bond acceptors (Lipinski definition) is 3. The minimum Gasteiger partial charge on any atom is -0.384 e. The van der Waals surface area contributed by atoms with Crippen molar-refractivity contribution in [1.29, 1.82) is 0 Å². The van der Waals surface area contributed by atoms with E-state index in [1.165, 1.54) is 10.4 Å². The molecule has 0 aromatic carbocycles. The SMILES string of the molecule is Nc1cc(Cc2sccc2Br)ccn1. The van der Waals surface area contributed by atoms with E-state index in [1.807, 2.05) is 12.1 Å². The van der Waals surface area contributed by atoms with Crippen molar-refractivity contribution in [1.82, 2.24) is 4.98 Å². The van der Waals surface area contributed by atoms with E-state index in [9.17, 15) is 0 Å². The predicted molar refractivity (Wildman–Crippen MR) is 63.5 cm³/mol. The van der Waals surface area contributed by atoms with Gasteiger partial charge in [0.2, 0.25) is 0 Å². The van der Waals surface area contributed by atoms with Gasteiger partial charge in [0.15, 0.2) is 0 Å². The molecule has 0 fully saturated rings. The van der Waals surface area contributed by atoms with Crippen LogP contribution in [0.1, 0.15) is 10.4 Å². The van der Waals surface area contributed by atoms with Crippen LogP contribution in [-0.2, 0) is 6.42 Å². The van der Waals surface area contributed by atoms with E-state index in [1.54, 1.807) is 17.5 Å². The average Bonchev–Trinajstić information content (AvgIpc) is 2.52. The molecule has 2 rings (SSSR count). The van der Waals surface area contributed by atoms with Gasteiger partial charge in [-0.25, -0.2) is 4.98 Å². The van der Waals surface area contributed by atoms with Gasteiger partial charge >= 0.3 is 0 Å². The second-order valence-corrected chi connectivity index (χ2v) is 4.81. The Kier molecular flexibility index (Phi) is 2.84. The lowest BCUT2D eigenvalue weighted by Crippen LogP contribution is -1.92. The second kappa shape index (κ2) is 4.11. The van der Waals surface area contributed by atoms with E-state index < -0.39 is 0 Å². The largest absolute Gasteiger partial charge is 0.384 e.